The van der Waals surface area contributed by atoms with Crippen molar-refractivity contribution in [1.29, 1.82) is 0 Å². The number of anilines is 1. The Hall–Kier alpha value is -2.49. The van der Waals surface area contributed by atoms with Crippen molar-refractivity contribution in [2.45, 2.75) is 31.1 Å². The molecular formula is C15H19N8O5S-. The molecule has 4 heterocycles. The number of rotatable bonds is 7. The molecule has 156 valence electrons. The summed E-state index contributed by atoms with van der Waals surface area (Å²) < 4.78 is 32.3. The molecule has 0 aliphatic carbocycles. The third-order valence-corrected chi connectivity index (χ3v) is 4.99. The Labute approximate surface area is 167 Å². The molecule has 0 bridgehead atoms. The van der Waals surface area contributed by atoms with Crippen molar-refractivity contribution in [3.8, 4) is 0 Å². The van der Waals surface area contributed by atoms with E-state index < -0.39 is 35.8 Å². The van der Waals surface area contributed by atoms with E-state index in [0.717, 1.165) is 5.56 Å². The van der Waals surface area contributed by atoms with Gasteiger partial charge in [0.15, 0.2) is 23.2 Å². The number of aliphatic hydroxyl groups excluding tert-OH is 2. The number of nitrogens with zero attached hydrogens (tertiary/aromatic N) is 6. The molecule has 1 saturated heterocycles. The lowest BCUT2D eigenvalue weighted by atomic mass is 10.1. The normalized spacial score (nSPS) is 25.5. The van der Waals surface area contributed by atoms with Gasteiger partial charge in [0, 0.05) is 43.2 Å². The summed E-state index contributed by atoms with van der Waals surface area (Å²) in [4.78, 5) is 12.7. The van der Waals surface area contributed by atoms with Crippen molar-refractivity contribution < 1.29 is 23.7 Å². The van der Waals surface area contributed by atoms with Crippen molar-refractivity contribution in [1.82, 2.24) is 34.0 Å². The van der Waals surface area contributed by atoms with E-state index in [1.165, 1.54) is 17.2 Å². The van der Waals surface area contributed by atoms with Gasteiger partial charge in [-0.15, -0.1) is 0 Å². The van der Waals surface area contributed by atoms with Crippen LogP contribution in [0, 0.1) is 0 Å². The number of hydrogen-bond donors (Lipinski definition) is 4. The van der Waals surface area contributed by atoms with Crippen molar-refractivity contribution in [2.24, 2.45) is 7.05 Å². The van der Waals surface area contributed by atoms with Gasteiger partial charge in [-0.05, 0) is 0 Å². The predicted octanol–water partition coefficient (Wildman–Crippen LogP) is -1.83. The lowest BCUT2D eigenvalue weighted by Gasteiger charge is -2.17. The van der Waals surface area contributed by atoms with Gasteiger partial charge >= 0.3 is 0 Å². The summed E-state index contributed by atoms with van der Waals surface area (Å²) in [6.45, 7) is 0.304. The quantitative estimate of drug-likeness (QED) is 0.316. The maximum Gasteiger partial charge on any atom is 0.167 e. The molecule has 0 aromatic carbocycles. The van der Waals surface area contributed by atoms with Crippen molar-refractivity contribution >= 4 is 28.2 Å². The summed E-state index contributed by atoms with van der Waals surface area (Å²) in [5.41, 5.74) is 1.82. The SMILES string of the molecule is Cn1cc(CNc2ncnc3c2ncn3[C@@H]2O[C@H](CNS(=O)[O-])[C@@H](O)[C@H]2O)cn1. The Morgan fingerprint density at radius 1 is 1.31 bits per heavy atom. The second-order valence-electron chi connectivity index (χ2n) is 6.55. The summed E-state index contributed by atoms with van der Waals surface area (Å²) in [5, 5.41) is 27.8. The van der Waals surface area contributed by atoms with Crippen LogP contribution in [0.4, 0.5) is 5.82 Å². The maximum atomic E-state index is 10.7. The van der Waals surface area contributed by atoms with E-state index >= 15 is 0 Å². The average Bonchev–Trinajstić information content (AvgIpc) is 3.38. The number of aryl methyl sites for hydroxylation is 1. The minimum absolute atomic E-state index is 0.176. The number of hydrogen-bond acceptors (Lipinski definition) is 10. The number of imidazole rings is 1. The van der Waals surface area contributed by atoms with Crippen LogP contribution in [-0.2, 0) is 29.6 Å². The molecule has 0 amide bonds. The fraction of sp³-hybridized carbons (Fsp3) is 0.467. The summed E-state index contributed by atoms with van der Waals surface area (Å²) in [5.74, 6) is 0.491. The number of aliphatic hydroxyl groups is 2. The number of ether oxygens (including phenoxy) is 1. The van der Waals surface area contributed by atoms with E-state index in [0.29, 0.717) is 23.5 Å². The van der Waals surface area contributed by atoms with E-state index in [2.05, 4.69) is 30.1 Å². The van der Waals surface area contributed by atoms with E-state index in [1.807, 2.05) is 13.2 Å². The van der Waals surface area contributed by atoms with Crippen LogP contribution in [-0.4, -0.2) is 73.1 Å². The zero-order valence-corrected chi connectivity index (χ0v) is 16.1. The minimum Gasteiger partial charge on any atom is -0.760 e. The summed E-state index contributed by atoms with van der Waals surface area (Å²) >= 11 is -2.50. The Balaban J connectivity index is 1.55. The van der Waals surface area contributed by atoms with Crippen LogP contribution in [0.25, 0.3) is 11.2 Å². The van der Waals surface area contributed by atoms with Crippen molar-refractivity contribution in [3.05, 3.63) is 30.6 Å². The van der Waals surface area contributed by atoms with Crippen LogP contribution >= 0.6 is 0 Å². The molecule has 1 unspecified atom stereocenters. The van der Waals surface area contributed by atoms with E-state index in [-0.39, 0.29) is 6.54 Å². The van der Waals surface area contributed by atoms with Crippen LogP contribution in [0.2, 0.25) is 0 Å². The fourth-order valence-corrected chi connectivity index (χ4v) is 3.49. The smallest absolute Gasteiger partial charge is 0.167 e. The Bertz CT molecular complexity index is 1030. The molecule has 1 aliphatic heterocycles. The van der Waals surface area contributed by atoms with Gasteiger partial charge in [0.05, 0.1) is 12.5 Å². The van der Waals surface area contributed by atoms with Crippen LogP contribution in [0.5, 0.6) is 0 Å². The van der Waals surface area contributed by atoms with Crippen LogP contribution in [0.1, 0.15) is 11.8 Å². The van der Waals surface area contributed by atoms with E-state index in [1.54, 1.807) is 10.9 Å². The number of nitrogens with one attached hydrogen (secondary N) is 2. The van der Waals surface area contributed by atoms with E-state index in [4.69, 9.17) is 4.74 Å². The summed E-state index contributed by atoms with van der Waals surface area (Å²) in [7, 11) is 1.83. The molecule has 3 aromatic heterocycles. The van der Waals surface area contributed by atoms with Crippen molar-refractivity contribution in [3.63, 3.8) is 0 Å². The number of fused-ring (bicyclic) bond motifs is 1. The molecule has 0 radical (unpaired) electrons. The van der Waals surface area contributed by atoms with Crippen LogP contribution < -0.4 is 10.0 Å². The van der Waals surface area contributed by atoms with Gasteiger partial charge in [-0.1, -0.05) is 0 Å². The predicted molar refractivity (Wildman–Crippen MR) is 98.7 cm³/mol. The number of aromatic nitrogens is 6. The molecule has 4 rings (SSSR count). The molecule has 0 spiro atoms. The van der Waals surface area contributed by atoms with Crippen molar-refractivity contribution in [2.75, 3.05) is 11.9 Å². The first-order valence-corrected chi connectivity index (χ1v) is 9.75. The topological polar surface area (TPSA) is 175 Å². The lowest BCUT2D eigenvalue weighted by Crippen LogP contribution is -2.38. The monoisotopic (exact) mass is 423 g/mol. The van der Waals surface area contributed by atoms with Gasteiger partial charge in [0.2, 0.25) is 0 Å². The van der Waals surface area contributed by atoms with Crippen LogP contribution in [0.3, 0.4) is 0 Å². The third-order valence-electron chi connectivity index (χ3n) is 4.59. The summed E-state index contributed by atoms with van der Waals surface area (Å²) in [6.07, 6.45) is 1.91. The first kappa shape index (κ1) is 19.8. The molecule has 14 heteroatoms. The average molecular weight is 423 g/mol. The lowest BCUT2D eigenvalue weighted by molar-refractivity contribution is -0.0330. The zero-order valence-electron chi connectivity index (χ0n) is 15.2. The van der Waals surface area contributed by atoms with Gasteiger partial charge < -0.3 is 24.8 Å². The molecule has 1 aliphatic rings. The van der Waals surface area contributed by atoms with Gasteiger partial charge in [0.1, 0.15) is 24.6 Å². The minimum atomic E-state index is -2.50. The molecule has 0 saturated carbocycles. The fourth-order valence-electron chi connectivity index (χ4n) is 3.19. The van der Waals surface area contributed by atoms with Crippen LogP contribution in [0.15, 0.2) is 25.0 Å². The summed E-state index contributed by atoms with van der Waals surface area (Å²) in [6, 6.07) is 0. The molecule has 4 N–H and O–H groups in total. The van der Waals surface area contributed by atoms with Gasteiger partial charge in [-0.3, -0.25) is 13.5 Å². The maximum absolute atomic E-state index is 10.7. The third kappa shape index (κ3) is 3.98. The zero-order chi connectivity index (χ0) is 20.5. The highest BCUT2D eigenvalue weighted by Gasteiger charge is 2.44. The second kappa shape index (κ2) is 8.10. The molecule has 3 aromatic rings. The molecular weight excluding hydrogens is 404 g/mol. The van der Waals surface area contributed by atoms with E-state index in [9.17, 15) is 19.0 Å². The largest absolute Gasteiger partial charge is 0.760 e. The first-order valence-electron chi connectivity index (χ1n) is 8.67. The second-order valence-corrected chi connectivity index (χ2v) is 7.31. The Morgan fingerprint density at radius 3 is 2.86 bits per heavy atom. The molecule has 29 heavy (non-hydrogen) atoms. The Kier molecular flexibility index (Phi) is 5.53. The van der Waals surface area contributed by atoms with Gasteiger partial charge in [0.25, 0.3) is 0 Å². The van der Waals surface area contributed by atoms with Gasteiger partial charge in [-0.25, -0.2) is 19.7 Å². The first-order chi connectivity index (χ1) is 13.9. The highest BCUT2D eigenvalue weighted by molar-refractivity contribution is 7.77. The molecule has 1 fully saturated rings. The highest BCUT2D eigenvalue weighted by atomic mass is 32.2. The highest BCUT2D eigenvalue weighted by Crippen LogP contribution is 2.32. The molecule has 5 atom stereocenters. The molecule has 13 nitrogen and oxygen atoms in total. The standard InChI is InChI=1S/C15H20N8O5S/c1-22-5-8(3-20-22)2-16-13-10-14(18-6-17-13)23(7-19-10)15-12(25)11(24)9(28-15)4-21-29(26)27/h3,5-7,9,11-12,15,21,24-25H,2,4H2,1H3,(H,26,27)(H,16,17,18)/p-1/t9-,11-,12-,15-/m1/s1. The Morgan fingerprint density at radius 2 is 2.14 bits per heavy atom. The van der Waals surface area contributed by atoms with Gasteiger partial charge in [-0.2, -0.15) is 5.10 Å².